The minimum atomic E-state index is -4.45. The Balaban J connectivity index is 2.25. The lowest BCUT2D eigenvalue weighted by molar-refractivity contribution is -0.136. The topological polar surface area (TPSA) is 29.9 Å². The van der Waals surface area contributed by atoms with Crippen molar-refractivity contribution in [2.24, 2.45) is 7.05 Å². The van der Waals surface area contributed by atoms with Crippen molar-refractivity contribution in [3.63, 3.8) is 0 Å². The van der Waals surface area contributed by atoms with Gasteiger partial charge in [-0.05, 0) is 24.6 Å². The van der Waals surface area contributed by atoms with Crippen LogP contribution in [-0.2, 0) is 26.2 Å². The first kappa shape index (κ1) is 15.7. The van der Waals surface area contributed by atoms with E-state index in [1.807, 2.05) is 13.0 Å². The highest BCUT2D eigenvalue weighted by atomic mass is 35.5. The largest absolute Gasteiger partial charge is 0.418 e. The third-order valence-electron chi connectivity index (χ3n) is 3.15. The quantitative estimate of drug-likeness (QED) is 0.912. The van der Waals surface area contributed by atoms with Gasteiger partial charge in [0.25, 0.3) is 0 Å². The molecule has 3 nitrogen and oxygen atoms in total. The van der Waals surface area contributed by atoms with Crippen LogP contribution in [0.25, 0.3) is 0 Å². The molecule has 0 atom stereocenters. The van der Waals surface area contributed by atoms with Crippen LogP contribution in [0.1, 0.15) is 23.9 Å². The second-order valence-electron chi connectivity index (χ2n) is 4.62. The second kappa shape index (κ2) is 5.97. The fourth-order valence-corrected chi connectivity index (χ4v) is 2.27. The highest BCUT2D eigenvalue weighted by Gasteiger charge is 2.34. The Morgan fingerprint density at radius 1 is 1.33 bits per heavy atom. The summed E-state index contributed by atoms with van der Waals surface area (Å²) in [4.78, 5) is 0. The molecule has 114 valence electrons. The molecule has 0 bridgehead atoms. The number of aromatic nitrogens is 2. The van der Waals surface area contributed by atoms with Crippen LogP contribution in [0.5, 0.6) is 0 Å². The van der Waals surface area contributed by atoms with Crippen LogP contribution in [0.3, 0.4) is 0 Å². The van der Waals surface area contributed by atoms with Gasteiger partial charge in [0.1, 0.15) is 0 Å². The molecule has 0 radical (unpaired) electrons. The molecule has 7 heteroatoms. The van der Waals surface area contributed by atoms with E-state index in [0.717, 1.165) is 23.9 Å². The van der Waals surface area contributed by atoms with E-state index in [1.54, 1.807) is 11.7 Å². The molecule has 0 unspecified atom stereocenters. The number of aryl methyl sites for hydroxylation is 2. The predicted octanol–water partition coefficient (Wildman–Crippen LogP) is 4.27. The Morgan fingerprint density at radius 3 is 2.62 bits per heavy atom. The van der Waals surface area contributed by atoms with Crippen molar-refractivity contribution < 1.29 is 13.2 Å². The highest BCUT2D eigenvalue weighted by molar-refractivity contribution is 6.33. The average molecular weight is 318 g/mol. The molecule has 1 aromatic carbocycles. The molecule has 21 heavy (non-hydrogen) atoms. The predicted molar refractivity (Wildman–Crippen MR) is 76.4 cm³/mol. The van der Waals surface area contributed by atoms with Gasteiger partial charge in [0, 0.05) is 7.05 Å². The van der Waals surface area contributed by atoms with Gasteiger partial charge in [0.15, 0.2) is 0 Å². The molecule has 0 spiro atoms. The molecule has 0 amide bonds. The summed E-state index contributed by atoms with van der Waals surface area (Å²) in [6.07, 6.45) is -3.68. The Kier molecular flexibility index (Phi) is 4.46. The number of benzene rings is 1. The van der Waals surface area contributed by atoms with Crippen molar-refractivity contribution in [2.75, 3.05) is 5.32 Å². The first-order valence-electron chi connectivity index (χ1n) is 6.44. The molecule has 1 heterocycles. The number of nitrogens with zero attached hydrogens (tertiary/aromatic N) is 2. The summed E-state index contributed by atoms with van der Waals surface area (Å²) in [5.74, 6) is 0. The highest BCUT2D eigenvalue weighted by Crippen LogP contribution is 2.38. The fourth-order valence-electron chi connectivity index (χ4n) is 2.03. The Hall–Kier alpha value is -1.69. The Morgan fingerprint density at radius 2 is 2.05 bits per heavy atom. The van der Waals surface area contributed by atoms with Gasteiger partial charge < -0.3 is 5.32 Å². The third kappa shape index (κ3) is 3.50. The summed E-state index contributed by atoms with van der Waals surface area (Å²) in [5, 5.41) is 7.07. The second-order valence-corrected chi connectivity index (χ2v) is 5.03. The van der Waals surface area contributed by atoms with Gasteiger partial charge in [-0.2, -0.15) is 18.3 Å². The van der Waals surface area contributed by atoms with Gasteiger partial charge in [0.2, 0.25) is 0 Å². The molecule has 0 saturated heterocycles. The van der Waals surface area contributed by atoms with Crippen molar-refractivity contribution in [3.8, 4) is 0 Å². The van der Waals surface area contributed by atoms with Crippen LogP contribution in [0.15, 0.2) is 24.3 Å². The van der Waals surface area contributed by atoms with Crippen molar-refractivity contribution in [1.29, 1.82) is 0 Å². The van der Waals surface area contributed by atoms with E-state index >= 15 is 0 Å². The zero-order chi connectivity index (χ0) is 15.6. The number of alkyl halides is 3. The molecule has 1 aromatic heterocycles. The monoisotopic (exact) mass is 317 g/mol. The minimum absolute atomic E-state index is 0.0442. The molecule has 0 fully saturated rings. The van der Waals surface area contributed by atoms with E-state index in [1.165, 1.54) is 12.1 Å². The Labute approximate surface area is 125 Å². The van der Waals surface area contributed by atoms with Gasteiger partial charge in [0.05, 0.1) is 34.2 Å². The lowest BCUT2D eigenvalue weighted by Crippen LogP contribution is -2.12. The minimum Gasteiger partial charge on any atom is -0.378 e. The van der Waals surface area contributed by atoms with E-state index < -0.39 is 11.7 Å². The Bertz CT molecular complexity index is 635. The maximum absolute atomic E-state index is 13.0. The van der Waals surface area contributed by atoms with Crippen LogP contribution in [-0.4, -0.2) is 9.78 Å². The summed E-state index contributed by atoms with van der Waals surface area (Å²) in [7, 11) is 1.76. The zero-order valence-electron chi connectivity index (χ0n) is 11.6. The first-order chi connectivity index (χ1) is 9.82. The van der Waals surface area contributed by atoms with Crippen molar-refractivity contribution in [3.05, 3.63) is 46.2 Å². The van der Waals surface area contributed by atoms with Gasteiger partial charge in [-0.25, -0.2) is 0 Å². The van der Waals surface area contributed by atoms with E-state index in [4.69, 9.17) is 11.6 Å². The molecule has 0 aliphatic heterocycles. The number of hydrogen-bond donors (Lipinski definition) is 1. The number of para-hydroxylation sites is 1. The van der Waals surface area contributed by atoms with Crippen LogP contribution in [0.2, 0.25) is 5.02 Å². The maximum Gasteiger partial charge on any atom is 0.418 e. The van der Waals surface area contributed by atoms with Crippen molar-refractivity contribution in [2.45, 2.75) is 26.1 Å². The lowest BCUT2D eigenvalue weighted by atomic mass is 10.1. The summed E-state index contributed by atoms with van der Waals surface area (Å²) in [6, 6.07) is 5.58. The lowest BCUT2D eigenvalue weighted by Gasteiger charge is -2.15. The van der Waals surface area contributed by atoms with Gasteiger partial charge in [-0.15, -0.1) is 0 Å². The molecule has 1 N–H and O–H groups in total. The van der Waals surface area contributed by atoms with Crippen LogP contribution < -0.4 is 5.32 Å². The molecule has 2 rings (SSSR count). The number of anilines is 1. The molecule has 2 aromatic rings. The SMILES string of the molecule is CCc1cc(CNc2c(Cl)cccc2C(F)(F)F)n(C)n1. The van der Waals surface area contributed by atoms with E-state index in [9.17, 15) is 13.2 Å². The van der Waals surface area contributed by atoms with Gasteiger partial charge >= 0.3 is 6.18 Å². The summed E-state index contributed by atoms with van der Waals surface area (Å²) in [5.41, 5.74) is 0.809. The van der Waals surface area contributed by atoms with E-state index in [-0.39, 0.29) is 17.3 Å². The standard InChI is InChI=1S/C14H15ClF3N3/c1-3-9-7-10(21(2)20-9)8-19-13-11(14(16,17)18)5-4-6-12(13)15/h4-7,19H,3,8H2,1-2H3. The molecular weight excluding hydrogens is 303 g/mol. The van der Waals surface area contributed by atoms with Crippen molar-refractivity contribution >= 4 is 17.3 Å². The average Bonchev–Trinajstić information content (AvgIpc) is 2.77. The van der Waals surface area contributed by atoms with Gasteiger partial charge in [-0.3, -0.25) is 4.68 Å². The summed E-state index contributed by atoms with van der Waals surface area (Å²) in [6.45, 7) is 2.19. The van der Waals surface area contributed by atoms with Crippen LogP contribution in [0, 0.1) is 0 Å². The van der Waals surface area contributed by atoms with E-state index in [0.29, 0.717) is 0 Å². The summed E-state index contributed by atoms with van der Waals surface area (Å²) < 4.78 is 40.6. The zero-order valence-corrected chi connectivity index (χ0v) is 12.4. The fraction of sp³-hybridized carbons (Fsp3) is 0.357. The van der Waals surface area contributed by atoms with Crippen molar-refractivity contribution in [1.82, 2.24) is 9.78 Å². The molecule has 0 aliphatic rings. The van der Waals surface area contributed by atoms with Crippen LogP contribution >= 0.6 is 11.6 Å². The maximum atomic E-state index is 13.0. The molecule has 0 saturated carbocycles. The molecular formula is C14H15ClF3N3. The smallest absolute Gasteiger partial charge is 0.378 e. The number of halogens is 4. The number of rotatable bonds is 4. The first-order valence-corrected chi connectivity index (χ1v) is 6.82. The molecule has 0 aliphatic carbocycles. The van der Waals surface area contributed by atoms with Gasteiger partial charge in [-0.1, -0.05) is 24.6 Å². The number of nitrogens with one attached hydrogen (secondary N) is 1. The number of hydrogen-bond acceptors (Lipinski definition) is 2. The summed E-state index contributed by atoms with van der Waals surface area (Å²) >= 11 is 5.89. The third-order valence-corrected chi connectivity index (χ3v) is 3.47. The van der Waals surface area contributed by atoms with Crippen LogP contribution in [0.4, 0.5) is 18.9 Å². The normalized spacial score (nSPS) is 11.7. The van der Waals surface area contributed by atoms with E-state index in [2.05, 4.69) is 10.4 Å².